The first-order valence-corrected chi connectivity index (χ1v) is 10.5. The zero-order chi connectivity index (χ0) is 24.4. The van der Waals surface area contributed by atoms with E-state index in [0.29, 0.717) is 22.4 Å². The quantitative estimate of drug-likeness (QED) is 0.467. The van der Waals surface area contributed by atoms with Gasteiger partial charge >= 0.3 is 0 Å². The minimum absolute atomic E-state index is 0.0131. The van der Waals surface area contributed by atoms with Crippen molar-refractivity contribution in [1.29, 1.82) is 0 Å². The molecule has 0 saturated heterocycles. The van der Waals surface area contributed by atoms with Gasteiger partial charge in [-0.3, -0.25) is 4.79 Å². The molecule has 0 aliphatic heterocycles. The summed E-state index contributed by atoms with van der Waals surface area (Å²) in [6.07, 6.45) is 1.89. The second-order valence-electron chi connectivity index (χ2n) is 7.86. The van der Waals surface area contributed by atoms with E-state index in [-0.39, 0.29) is 29.6 Å². The number of rotatable bonds is 6. The van der Waals surface area contributed by atoms with Crippen LogP contribution in [-0.2, 0) is 4.79 Å². The first kappa shape index (κ1) is 23.0. The van der Waals surface area contributed by atoms with Gasteiger partial charge in [0.15, 0.2) is 11.5 Å². The van der Waals surface area contributed by atoms with Crippen LogP contribution >= 0.6 is 0 Å². The molecule has 174 valence electrons. The van der Waals surface area contributed by atoms with E-state index in [1.54, 1.807) is 18.2 Å². The van der Waals surface area contributed by atoms with Crippen LogP contribution in [0.1, 0.15) is 30.0 Å². The maximum Gasteiger partial charge on any atom is 0.228 e. The summed E-state index contributed by atoms with van der Waals surface area (Å²) >= 11 is 0. The van der Waals surface area contributed by atoms with E-state index in [1.807, 2.05) is 13.0 Å². The molecule has 0 spiro atoms. The van der Waals surface area contributed by atoms with E-state index in [4.69, 9.17) is 9.47 Å². The van der Waals surface area contributed by atoms with Gasteiger partial charge in [0.05, 0.1) is 20.6 Å². The molecule has 2 N–H and O–H groups in total. The highest BCUT2D eigenvalue weighted by Crippen LogP contribution is 2.45. The van der Waals surface area contributed by atoms with E-state index in [2.05, 4.69) is 5.32 Å². The van der Waals surface area contributed by atoms with Crippen LogP contribution in [0.3, 0.4) is 0 Å². The van der Waals surface area contributed by atoms with Crippen molar-refractivity contribution >= 4 is 28.8 Å². The van der Waals surface area contributed by atoms with Crippen LogP contribution in [0.4, 0.5) is 14.5 Å². The molecule has 4 rings (SSSR count). The number of phenols is 1. The largest absolute Gasteiger partial charge is 0.502 e. The van der Waals surface area contributed by atoms with Gasteiger partial charge in [0.1, 0.15) is 11.6 Å². The molecular formula is C27H23F2NO4. The van der Waals surface area contributed by atoms with Gasteiger partial charge in [0, 0.05) is 5.69 Å². The van der Waals surface area contributed by atoms with Crippen LogP contribution < -0.4 is 14.8 Å². The number of hydrogen-bond acceptors (Lipinski definition) is 4. The van der Waals surface area contributed by atoms with E-state index >= 15 is 0 Å². The van der Waals surface area contributed by atoms with Crippen molar-refractivity contribution in [1.82, 2.24) is 0 Å². The lowest BCUT2D eigenvalue weighted by molar-refractivity contribution is -0.115. The molecule has 1 aliphatic carbocycles. The van der Waals surface area contributed by atoms with Crippen molar-refractivity contribution in [3.8, 4) is 17.2 Å². The normalized spacial score (nSPS) is 13.7. The Morgan fingerprint density at radius 2 is 1.56 bits per heavy atom. The standard InChI is InChI=1S/C27H23F2NO4/c1-15-21(10-16-11-24(33-2)27(32)25(12-16)34-3)20-9-6-18(29)13-23(20)22(15)14-26(31)30-19-7-4-17(28)5-8-19/h4-13,32H,14H2,1-3H3,(H,30,31)/b21-10-. The summed E-state index contributed by atoms with van der Waals surface area (Å²) in [5.74, 6) is -0.698. The minimum Gasteiger partial charge on any atom is -0.502 e. The first-order valence-electron chi connectivity index (χ1n) is 10.5. The Morgan fingerprint density at radius 3 is 2.18 bits per heavy atom. The van der Waals surface area contributed by atoms with Crippen molar-refractivity contribution in [3.63, 3.8) is 0 Å². The third kappa shape index (κ3) is 4.50. The Labute approximate surface area is 196 Å². The Kier molecular flexibility index (Phi) is 6.36. The molecule has 1 amide bonds. The van der Waals surface area contributed by atoms with Crippen molar-refractivity contribution in [2.45, 2.75) is 13.3 Å². The highest BCUT2D eigenvalue weighted by atomic mass is 19.1. The third-order valence-corrected chi connectivity index (χ3v) is 5.73. The Morgan fingerprint density at radius 1 is 0.941 bits per heavy atom. The van der Waals surface area contributed by atoms with Crippen LogP contribution in [0.15, 0.2) is 60.2 Å². The van der Waals surface area contributed by atoms with E-state index < -0.39 is 11.6 Å². The van der Waals surface area contributed by atoms with Crippen LogP contribution in [0.5, 0.6) is 17.2 Å². The molecule has 0 atom stereocenters. The summed E-state index contributed by atoms with van der Waals surface area (Å²) in [6, 6.07) is 13.3. The second-order valence-corrected chi connectivity index (χ2v) is 7.86. The topological polar surface area (TPSA) is 67.8 Å². The number of allylic oxidation sites excluding steroid dienone is 2. The number of phenolic OH excluding ortho intramolecular Hbond substituents is 1. The molecule has 0 heterocycles. The number of nitrogens with one attached hydrogen (secondary N) is 1. The number of carbonyl (C=O) groups excluding carboxylic acids is 1. The van der Waals surface area contributed by atoms with Gasteiger partial charge in [-0.15, -0.1) is 0 Å². The van der Waals surface area contributed by atoms with Crippen LogP contribution in [0.25, 0.3) is 17.2 Å². The molecule has 1 aliphatic rings. The van der Waals surface area contributed by atoms with Gasteiger partial charge in [-0.05, 0) is 94.9 Å². The van der Waals surface area contributed by atoms with Crippen LogP contribution in [0.2, 0.25) is 0 Å². The molecule has 0 fully saturated rings. The van der Waals surface area contributed by atoms with Crippen molar-refractivity contribution in [3.05, 3.63) is 88.5 Å². The number of hydrogen-bond donors (Lipinski definition) is 2. The van der Waals surface area contributed by atoms with Gasteiger partial charge in [-0.1, -0.05) is 6.07 Å². The molecule has 5 nitrogen and oxygen atoms in total. The molecule has 7 heteroatoms. The van der Waals surface area contributed by atoms with Gasteiger partial charge in [-0.2, -0.15) is 0 Å². The maximum atomic E-state index is 14.1. The molecule has 0 bridgehead atoms. The molecule has 0 saturated carbocycles. The zero-order valence-electron chi connectivity index (χ0n) is 18.9. The fourth-order valence-corrected chi connectivity index (χ4v) is 4.04. The molecule has 3 aromatic carbocycles. The summed E-state index contributed by atoms with van der Waals surface area (Å²) in [4.78, 5) is 12.8. The third-order valence-electron chi connectivity index (χ3n) is 5.73. The predicted molar refractivity (Wildman–Crippen MR) is 128 cm³/mol. The Hall–Kier alpha value is -4.13. The Bertz CT molecular complexity index is 1300. The fraction of sp³-hybridized carbons (Fsp3) is 0.148. The average molecular weight is 463 g/mol. The predicted octanol–water partition coefficient (Wildman–Crippen LogP) is 6.04. The van der Waals surface area contributed by atoms with Crippen molar-refractivity contribution in [2.24, 2.45) is 0 Å². The fourth-order valence-electron chi connectivity index (χ4n) is 4.04. The summed E-state index contributed by atoms with van der Waals surface area (Å²) in [6.45, 7) is 1.87. The summed E-state index contributed by atoms with van der Waals surface area (Å²) in [5, 5.41) is 13.0. The van der Waals surface area contributed by atoms with Crippen LogP contribution in [0, 0.1) is 11.6 Å². The van der Waals surface area contributed by atoms with Crippen molar-refractivity contribution < 1.29 is 28.2 Å². The molecule has 34 heavy (non-hydrogen) atoms. The first-order chi connectivity index (χ1) is 16.3. The van der Waals surface area contributed by atoms with Gasteiger partial charge in [-0.25, -0.2) is 8.78 Å². The second kappa shape index (κ2) is 9.39. The zero-order valence-corrected chi connectivity index (χ0v) is 18.9. The molecule has 0 radical (unpaired) electrons. The minimum atomic E-state index is -0.405. The average Bonchev–Trinajstić information content (AvgIpc) is 3.06. The number of amides is 1. The maximum absolute atomic E-state index is 14.1. The number of halogens is 2. The number of benzene rings is 3. The Balaban J connectivity index is 1.73. The van der Waals surface area contributed by atoms with Gasteiger partial charge in [0.25, 0.3) is 0 Å². The van der Waals surface area contributed by atoms with E-state index in [0.717, 1.165) is 16.7 Å². The number of ether oxygens (including phenoxy) is 2. The van der Waals surface area contributed by atoms with E-state index in [1.165, 1.54) is 50.6 Å². The van der Waals surface area contributed by atoms with E-state index in [9.17, 15) is 18.7 Å². The van der Waals surface area contributed by atoms with Crippen LogP contribution in [-0.4, -0.2) is 25.2 Å². The SMILES string of the molecule is COc1cc(/C=C2/C(C)=C(CC(=O)Nc3ccc(F)cc3)c3cc(F)ccc32)cc(OC)c1O. The highest BCUT2D eigenvalue weighted by molar-refractivity contribution is 6.10. The molecular weight excluding hydrogens is 440 g/mol. The van der Waals surface area contributed by atoms with Crippen molar-refractivity contribution in [2.75, 3.05) is 19.5 Å². The molecule has 0 aromatic heterocycles. The lowest BCUT2D eigenvalue weighted by atomic mass is 10.00. The highest BCUT2D eigenvalue weighted by Gasteiger charge is 2.26. The number of aromatic hydroxyl groups is 1. The van der Waals surface area contributed by atoms with Gasteiger partial charge < -0.3 is 19.9 Å². The molecule has 3 aromatic rings. The summed E-state index contributed by atoms with van der Waals surface area (Å²) in [5.41, 5.74) is 4.92. The summed E-state index contributed by atoms with van der Waals surface area (Å²) in [7, 11) is 2.89. The van der Waals surface area contributed by atoms with Gasteiger partial charge in [0.2, 0.25) is 11.7 Å². The summed E-state index contributed by atoms with van der Waals surface area (Å²) < 4.78 is 37.8. The number of fused-ring (bicyclic) bond motifs is 1. The monoisotopic (exact) mass is 463 g/mol. The number of anilines is 1. The number of methoxy groups -OCH3 is 2. The number of carbonyl (C=O) groups is 1. The molecule has 0 unspecified atom stereocenters. The lowest BCUT2D eigenvalue weighted by Gasteiger charge is -2.11. The smallest absolute Gasteiger partial charge is 0.228 e. The lowest BCUT2D eigenvalue weighted by Crippen LogP contribution is -2.12.